The molecule has 0 aliphatic rings. The summed E-state index contributed by atoms with van der Waals surface area (Å²) in [5, 5.41) is 2.77. The van der Waals surface area contributed by atoms with Crippen LogP contribution in [0.5, 0.6) is 0 Å². The lowest BCUT2D eigenvalue weighted by Crippen LogP contribution is -2.31. The summed E-state index contributed by atoms with van der Waals surface area (Å²) in [5.74, 6) is -1.11. The third-order valence-electron chi connectivity index (χ3n) is 3.88. The fraction of sp³-hybridized carbons (Fsp3) is 0.150. The number of hydrogen-bond acceptors (Lipinski definition) is 4. The average molecular weight is 368 g/mol. The summed E-state index contributed by atoms with van der Waals surface area (Å²) in [6.45, 7) is 3.97. The van der Waals surface area contributed by atoms with E-state index in [4.69, 9.17) is 0 Å². The van der Waals surface area contributed by atoms with Crippen LogP contribution in [0.15, 0.2) is 54.6 Å². The van der Waals surface area contributed by atoms with Crippen molar-refractivity contribution >= 4 is 23.1 Å². The lowest BCUT2D eigenvalue weighted by molar-refractivity contribution is 0.0983. The first kappa shape index (κ1) is 18.4. The molecule has 1 aromatic heterocycles. The molecule has 0 atom stereocenters. The second-order valence-electron chi connectivity index (χ2n) is 5.82. The summed E-state index contributed by atoms with van der Waals surface area (Å²) in [6, 6.07) is 13.9. The minimum absolute atomic E-state index is 0.0586. The molecule has 0 aliphatic heterocycles. The number of para-hydroxylation sites is 1. The van der Waals surface area contributed by atoms with Crippen LogP contribution in [0, 0.1) is 18.6 Å². The van der Waals surface area contributed by atoms with Gasteiger partial charge in [0.2, 0.25) is 0 Å². The number of aromatic nitrogens is 2. The van der Waals surface area contributed by atoms with E-state index in [-0.39, 0.29) is 23.1 Å². The van der Waals surface area contributed by atoms with E-state index in [0.29, 0.717) is 12.4 Å². The summed E-state index contributed by atoms with van der Waals surface area (Å²) < 4.78 is 26.9. The van der Waals surface area contributed by atoms with E-state index in [1.807, 2.05) is 37.3 Å². The fourth-order valence-corrected chi connectivity index (χ4v) is 2.66. The summed E-state index contributed by atoms with van der Waals surface area (Å²) in [4.78, 5) is 22.9. The molecule has 0 aliphatic carbocycles. The second-order valence-corrected chi connectivity index (χ2v) is 5.82. The number of anilines is 3. The molecule has 0 saturated heterocycles. The van der Waals surface area contributed by atoms with Crippen molar-refractivity contribution in [2.75, 3.05) is 16.8 Å². The predicted molar refractivity (Wildman–Crippen MR) is 100 cm³/mol. The number of rotatable bonds is 5. The number of nitrogens with zero attached hydrogens (tertiary/aromatic N) is 3. The highest BCUT2D eigenvalue weighted by Gasteiger charge is 2.19. The molecule has 3 aromatic rings. The molecule has 5 nitrogen and oxygen atoms in total. The third kappa shape index (κ3) is 4.25. The van der Waals surface area contributed by atoms with Crippen LogP contribution in [0.25, 0.3) is 0 Å². The molecule has 1 N–H and O–H groups in total. The van der Waals surface area contributed by atoms with Gasteiger partial charge in [0.05, 0.1) is 5.69 Å². The molecule has 0 radical (unpaired) electrons. The average Bonchev–Trinajstić information content (AvgIpc) is 2.65. The molecule has 3 rings (SSSR count). The van der Waals surface area contributed by atoms with E-state index in [1.54, 1.807) is 11.8 Å². The van der Waals surface area contributed by atoms with Crippen LogP contribution >= 0.6 is 0 Å². The van der Waals surface area contributed by atoms with Gasteiger partial charge in [-0.3, -0.25) is 4.79 Å². The molecule has 0 spiro atoms. The summed E-state index contributed by atoms with van der Waals surface area (Å²) in [6.07, 6.45) is 0. The Morgan fingerprint density at radius 3 is 2.48 bits per heavy atom. The van der Waals surface area contributed by atoms with Crippen LogP contribution in [0.3, 0.4) is 0 Å². The van der Waals surface area contributed by atoms with Gasteiger partial charge in [-0.05, 0) is 38.1 Å². The fourth-order valence-electron chi connectivity index (χ4n) is 2.66. The molecule has 27 heavy (non-hydrogen) atoms. The van der Waals surface area contributed by atoms with Crippen molar-refractivity contribution in [1.82, 2.24) is 9.97 Å². The second kappa shape index (κ2) is 7.90. The molecule has 1 heterocycles. The maximum Gasteiger partial charge on any atom is 0.277 e. The van der Waals surface area contributed by atoms with Crippen LogP contribution in [0.2, 0.25) is 0 Å². The van der Waals surface area contributed by atoms with Gasteiger partial charge < -0.3 is 10.2 Å². The normalized spacial score (nSPS) is 10.5. The van der Waals surface area contributed by atoms with Gasteiger partial charge in [0, 0.05) is 24.4 Å². The SMILES string of the molecule is CCN(C(=O)c1cc(Nc2ccc(F)cc2F)nc(C)n1)c1ccccc1. The Bertz CT molecular complexity index is 963. The standard InChI is InChI=1S/C20H18F2N4O/c1-3-26(15-7-5-4-6-8-15)20(27)18-12-19(24-13(2)23-18)25-17-10-9-14(21)11-16(17)22/h4-12H,3H2,1-2H3,(H,23,24,25). The number of carbonyl (C=O) groups is 1. The van der Waals surface area contributed by atoms with Crippen molar-refractivity contribution in [2.45, 2.75) is 13.8 Å². The van der Waals surface area contributed by atoms with Crippen LogP contribution in [0.4, 0.5) is 26.0 Å². The zero-order valence-electron chi connectivity index (χ0n) is 14.9. The Hall–Kier alpha value is -3.35. The lowest BCUT2D eigenvalue weighted by atomic mass is 10.2. The Labute approximate surface area is 155 Å². The van der Waals surface area contributed by atoms with E-state index in [0.717, 1.165) is 17.8 Å². The molecule has 1 amide bonds. The largest absolute Gasteiger partial charge is 0.338 e. The Morgan fingerprint density at radius 2 is 1.81 bits per heavy atom. The van der Waals surface area contributed by atoms with E-state index >= 15 is 0 Å². The molecular weight excluding hydrogens is 350 g/mol. The third-order valence-corrected chi connectivity index (χ3v) is 3.88. The highest BCUT2D eigenvalue weighted by Crippen LogP contribution is 2.21. The van der Waals surface area contributed by atoms with Gasteiger partial charge in [0.1, 0.15) is 29.0 Å². The number of nitrogens with one attached hydrogen (secondary N) is 1. The first-order valence-electron chi connectivity index (χ1n) is 8.42. The smallest absolute Gasteiger partial charge is 0.277 e. The highest BCUT2D eigenvalue weighted by atomic mass is 19.1. The van der Waals surface area contributed by atoms with E-state index in [2.05, 4.69) is 15.3 Å². The number of halogens is 2. The monoisotopic (exact) mass is 368 g/mol. The molecule has 7 heteroatoms. The van der Waals surface area contributed by atoms with E-state index < -0.39 is 11.6 Å². The number of amides is 1. The van der Waals surface area contributed by atoms with Gasteiger partial charge >= 0.3 is 0 Å². The molecule has 138 valence electrons. The Morgan fingerprint density at radius 1 is 1.07 bits per heavy atom. The van der Waals surface area contributed by atoms with Gasteiger partial charge in [-0.2, -0.15) is 0 Å². The van der Waals surface area contributed by atoms with Crippen molar-refractivity contribution in [2.24, 2.45) is 0 Å². The number of carbonyl (C=O) groups excluding carboxylic acids is 1. The maximum absolute atomic E-state index is 13.9. The first-order valence-corrected chi connectivity index (χ1v) is 8.42. The van der Waals surface area contributed by atoms with Crippen LogP contribution in [-0.2, 0) is 0 Å². The van der Waals surface area contributed by atoms with Gasteiger partial charge in [-0.15, -0.1) is 0 Å². The zero-order valence-corrected chi connectivity index (χ0v) is 14.9. The van der Waals surface area contributed by atoms with Crippen molar-refractivity contribution < 1.29 is 13.6 Å². The first-order chi connectivity index (χ1) is 13.0. The number of benzene rings is 2. The lowest BCUT2D eigenvalue weighted by Gasteiger charge is -2.21. The van der Waals surface area contributed by atoms with E-state index in [9.17, 15) is 13.6 Å². The van der Waals surface area contributed by atoms with Gasteiger partial charge in [-0.25, -0.2) is 18.7 Å². The Balaban J connectivity index is 1.91. The van der Waals surface area contributed by atoms with Crippen molar-refractivity contribution in [1.29, 1.82) is 0 Å². The van der Waals surface area contributed by atoms with Gasteiger partial charge in [-0.1, -0.05) is 18.2 Å². The maximum atomic E-state index is 13.9. The van der Waals surface area contributed by atoms with E-state index in [1.165, 1.54) is 12.1 Å². The molecule has 0 saturated carbocycles. The van der Waals surface area contributed by atoms with Gasteiger partial charge in [0.15, 0.2) is 0 Å². The van der Waals surface area contributed by atoms with Crippen molar-refractivity contribution in [3.8, 4) is 0 Å². The predicted octanol–water partition coefficient (Wildman–Crippen LogP) is 4.47. The topological polar surface area (TPSA) is 58.1 Å². The van der Waals surface area contributed by atoms with Crippen molar-refractivity contribution in [3.63, 3.8) is 0 Å². The summed E-state index contributed by atoms with van der Waals surface area (Å²) in [7, 11) is 0. The quantitative estimate of drug-likeness (QED) is 0.722. The summed E-state index contributed by atoms with van der Waals surface area (Å²) >= 11 is 0. The molecule has 0 fully saturated rings. The van der Waals surface area contributed by atoms with Crippen molar-refractivity contribution in [3.05, 3.63) is 77.8 Å². The summed E-state index contributed by atoms with van der Waals surface area (Å²) in [5.41, 5.74) is 0.988. The molecule has 0 bridgehead atoms. The van der Waals surface area contributed by atoms with Crippen LogP contribution in [0.1, 0.15) is 23.2 Å². The highest BCUT2D eigenvalue weighted by molar-refractivity contribution is 6.05. The van der Waals surface area contributed by atoms with Crippen LogP contribution < -0.4 is 10.2 Å². The minimum Gasteiger partial charge on any atom is -0.338 e. The molecular formula is C20H18F2N4O. The minimum atomic E-state index is -0.751. The molecule has 2 aromatic carbocycles. The van der Waals surface area contributed by atoms with Crippen LogP contribution in [-0.4, -0.2) is 22.4 Å². The Kier molecular flexibility index (Phi) is 5.40. The number of aryl methyl sites for hydroxylation is 1. The van der Waals surface area contributed by atoms with Gasteiger partial charge in [0.25, 0.3) is 5.91 Å². The molecule has 0 unspecified atom stereocenters. The number of hydrogen-bond donors (Lipinski definition) is 1. The zero-order chi connectivity index (χ0) is 19.4.